The lowest BCUT2D eigenvalue weighted by Crippen LogP contribution is -2.55. The summed E-state index contributed by atoms with van der Waals surface area (Å²) in [6.45, 7) is 4.52. The summed E-state index contributed by atoms with van der Waals surface area (Å²) in [5, 5.41) is 0. The van der Waals surface area contributed by atoms with Gasteiger partial charge in [0.1, 0.15) is 0 Å². The van der Waals surface area contributed by atoms with Crippen LogP contribution in [0.15, 0.2) is 0 Å². The normalized spacial score (nSPS) is 35.6. The number of rotatable bonds is 4. The van der Waals surface area contributed by atoms with Crippen molar-refractivity contribution in [1.29, 1.82) is 0 Å². The number of hydrogen-bond donors (Lipinski definition) is 1. The molecule has 0 heterocycles. The smallest absolute Gasteiger partial charge is 0.0354 e. The topological polar surface area (TPSA) is 29.3 Å². The molecule has 2 aliphatic carbocycles. The van der Waals surface area contributed by atoms with E-state index in [1.807, 2.05) is 0 Å². The summed E-state index contributed by atoms with van der Waals surface area (Å²) in [6.07, 6.45) is 11.3. The Kier molecular flexibility index (Phi) is 4.48. The summed E-state index contributed by atoms with van der Waals surface area (Å²) < 4.78 is 0. The van der Waals surface area contributed by atoms with Gasteiger partial charge in [0.25, 0.3) is 0 Å². The maximum Gasteiger partial charge on any atom is 0.0354 e. The molecule has 2 rings (SSSR count). The van der Waals surface area contributed by atoms with Gasteiger partial charge in [0.05, 0.1) is 0 Å². The average molecular weight is 238 g/mol. The Morgan fingerprint density at radius 2 is 1.82 bits per heavy atom. The first-order valence-corrected chi connectivity index (χ1v) is 7.60. The van der Waals surface area contributed by atoms with Crippen molar-refractivity contribution in [1.82, 2.24) is 4.90 Å². The molecule has 0 saturated heterocycles. The van der Waals surface area contributed by atoms with Crippen LogP contribution in [0.3, 0.4) is 0 Å². The zero-order chi connectivity index (χ0) is 12.3. The first-order valence-electron chi connectivity index (χ1n) is 7.60. The standard InChI is InChI=1S/C15H30N2/c1-13-7-6-10-15(13,12-16)17(2)11-14-8-4-3-5-9-14/h13-14H,3-12,16H2,1-2H3. The highest BCUT2D eigenvalue weighted by Gasteiger charge is 2.42. The molecular weight excluding hydrogens is 208 g/mol. The van der Waals surface area contributed by atoms with Crippen LogP contribution in [0.25, 0.3) is 0 Å². The lowest BCUT2D eigenvalue weighted by atomic mass is 9.83. The summed E-state index contributed by atoms with van der Waals surface area (Å²) in [4.78, 5) is 2.63. The van der Waals surface area contributed by atoms with Gasteiger partial charge in [-0.15, -0.1) is 0 Å². The minimum atomic E-state index is 0.317. The summed E-state index contributed by atoms with van der Waals surface area (Å²) in [7, 11) is 2.32. The highest BCUT2D eigenvalue weighted by atomic mass is 15.2. The van der Waals surface area contributed by atoms with Gasteiger partial charge in [-0.3, -0.25) is 4.90 Å². The van der Waals surface area contributed by atoms with Crippen molar-refractivity contribution < 1.29 is 0 Å². The number of nitrogens with zero attached hydrogens (tertiary/aromatic N) is 1. The van der Waals surface area contributed by atoms with Crippen LogP contribution in [0, 0.1) is 11.8 Å². The average Bonchev–Trinajstić information content (AvgIpc) is 2.73. The highest BCUT2D eigenvalue weighted by Crippen LogP contribution is 2.40. The van der Waals surface area contributed by atoms with Gasteiger partial charge in [-0.05, 0) is 44.6 Å². The van der Waals surface area contributed by atoms with E-state index in [1.54, 1.807) is 0 Å². The molecule has 2 atom stereocenters. The van der Waals surface area contributed by atoms with Crippen molar-refractivity contribution in [2.45, 2.75) is 63.8 Å². The molecule has 100 valence electrons. The minimum absolute atomic E-state index is 0.317. The van der Waals surface area contributed by atoms with Gasteiger partial charge in [-0.2, -0.15) is 0 Å². The zero-order valence-corrected chi connectivity index (χ0v) is 11.8. The predicted molar refractivity (Wildman–Crippen MR) is 74.0 cm³/mol. The molecule has 0 aliphatic heterocycles. The highest BCUT2D eigenvalue weighted by molar-refractivity contribution is 4.99. The van der Waals surface area contributed by atoms with Crippen LogP contribution >= 0.6 is 0 Å². The number of nitrogens with two attached hydrogens (primary N) is 1. The molecule has 2 aliphatic rings. The van der Waals surface area contributed by atoms with Crippen LogP contribution < -0.4 is 5.73 Å². The van der Waals surface area contributed by atoms with Crippen molar-refractivity contribution in [3.05, 3.63) is 0 Å². The molecule has 0 amide bonds. The van der Waals surface area contributed by atoms with Crippen molar-refractivity contribution in [2.75, 3.05) is 20.1 Å². The molecule has 0 radical (unpaired) electrons. The largest absolute Gasteiger partial charge is 0.329 e. The summed E-state index contributed by atoms with van der Waals surface area (Å²) in [6, 6.07) is 0. The van der Waals surface area contributed by atoms with E-state index in [9.17, 15) is 0 Å². The quantitative estimate of drug-likeness (QED) is 0.816. The predicted octanol–water partition coefficient (Wildman–Crippen LogP) is 3.02. The fourth-order valence-electron chi connectivity index (χ4n) is 4.19. The van der Waals surface area contributed by atoms with Crippen LogP contribution in [0.2, 0.25) is 0 Å². The third-order valence-corrected chi connectivity index (χ3v) is 5.53. The van der Waals surface area contributed by atoms with Gasteiger partial charge in [0.2, 0.25) is 0 Å². The van der Waals surface area contributed by atoms with E-state index in [2.05, 4.69) is 18.9 Å². The van der Waals surface area contributed by atoms with E-state index < -0.39 is 0 Å². The lowest BCUT2D eigenvalue weighted by molar-refractivity contribution is 0.0677. The molecule has 0 aromatic rings. The molecular formula is C15H30N2. The first kappa shape index (κ1) is 13.4. The summed E-state index contributed by atoms with van der Waals surface area (Å²) in [5.41, 5.74) is 6.44. The van der Waals surface area contributed by atoms with Gasteiger partial charge in [0.15, 0.2) is 0 Å². The molecule has 17 heavy (non-hydrogen) atoms. The second-order valence-electron chi connectivity index (χ2n) is 6.49. The number of hydrogen-bond acceptors (Lipinski definition) is 2. The first-order chi connectivity index (χ1) is 8.19. The van der Waals surface area contributed by atoms with E-state index in [0.29, 0.717) is 5.54 Å². The van der Waals surface area contributed by atoms with Gasteiger partial charge in [0, 0.05) is 18.6 Å². The van der Waals surface area contributed by atoms with Gasteiger partial charge in [-0.1, -0.05) is 32.6 Å². The fourth-order valence-corrected chi connectivity index (χ4v) is 4.19. The third-order valence-electron chi connectivity index (χ3n) is 5.53. The van der Waals surface area contributed by atoms with Crippen molar-refractivity contribution in [3.63, 3.8) is 0 Å². The molecule has 0 aromatic carbocycles. The Morgan fingerprint density at radius 3 is 2.35 bits per heavy atom. The van der Waals surface area contributed by atoms with E-state index in [1.165, 1.54) is 57.9 Å². The van der Waals surface area contributed by atoms with E-state index in [4.69, 9.17) is 5.73 Å². The molecule has 2 N–H and O–H groups in total. The Labute approximate surface area is 107 Å². The Hall–Kier alpha value is -0.0800. The molecule has 2 saturated carbocycles. The Morgan fingerprint density at radius 1 is 1.12 bits per heavy atom. The third kappa shape index (κ3) is 2.68. The Balaban J connectivity index is 1.94. The molecule has 2 unspecified atom stereocenters. The van der Waals surface area contributed by atoms with Gasteiger partial charge >= 0.3 is 0 Å². The van der Waals surface area contributed by atoms with Crippen molar-refractivity contribution in [2.24, 2.45) is 17.6 Å². The summed E-state index contributed by atoms with van der Waals surface area (Å²) >= 11 is 0. The fraction of sp³-hybridized carbons (Fsp3) is 1.00. The number of likely N-dealkylation sites (N-methyl/N-ethyl adjacent to an activating group) is 1. The molecule has 2 heteroatoms. The minimum Gasteiger partial charge on any atom is -0.329 e. The maximum absolute atomic E-state index is 6.12. The van der Waals surface area contributed by atoms with E-state index in [0.717, 1.165) is 18.4 Å². The van der Waals surface area contributed by atoms with Crippen LogP contribution in [-0.2, 0) is 0 Å². The van der Waals surface area contributed by atoms with Crippen LogP contribution in [0.4, 0.5) is 0 Å². The van der Waals surface area contributed by atoms with Crippen molar-refractivity contribution in [3.8, 4) is 0 Å². The molecule has 0 spiro atoms. The van der Waals surface area contributed by atoms with Crippen LogP contribution in [-0.4, -0.2) is 30.6 Å². The van der Waals surface area contributed by atoms with E-state index >= 15 is 0 Å². The molecule has 2 fully saturated rings. The molecule has 0 aromatic heterocycles. The monoisotopic (exact) mass is 238 g/mol. The maximum atomic E-state index is 6.12. The van der Waals surface area contributed by atoms with Crippen LogP contribution in [0.1, 0.15) is 58.3 Å². The van der Waals surface area contributed by atoms with Gasteiger partial charge in [-0.25, -0.2) is 0 Å². The second-order valence-corrected chi connectivity index (χ2v) is 6.49. The Bertz CT molecular complexity index is 235. The SMILES string of the molecule is CC1CCCC1(CN)N(C)CC1CCCCC1. The zero-order valence-electron chi connectivity index (χ0n) is 11.8. The van der Waals surface area contributed by atoms with E-state index in [-0.39, 0.29) is 0 Å². The van der Waals surface area contributed by atoms with Crippen LogP contribution in [0.5, 0.6) is 0 Å². The molecule has 2 nitrogen and oxygen atoms in total. The van der Waals surface area contributed by atoms with Crippen molar-refractivity contribution >= 4 is 0 Å². The lowest BCUT2D eigenvalue weighted by Gasteiger charge is -2.43. The van der Waals surface area contributed by atoms with Gasteiger partial charge < -0.3 is 5.73 Å². The second kappa shape index (κ2) is 5.71. The summed E-state index contributed by atoms with van der Waals surface area (Å²) in [5.74, 6) is 1.71. The molecule has 0 bridgehead atoms.